The van der Waals surface area contributed by atoms with Gasteiger partial charge in [0.25, 0.3) is 0 Å². The van der Waals surface area contributed by atoms with Crippen LogP contribution in [0.4, 0.5) is 0 Å². The summed E-state index contributed by atoms with van der Waals surface area (Å²) in [6.45, 7) is 14.8. The van der Waals surface area contributed by atoms with E-state index in [2.05, 4.69) is 48.5 Å². The number of hydrogen-bond acceptors (Lipinski definition) is 2. The van der Waals surface area contributed by atoms with E-state index in [1.807, 2.05) is 12.1 Å². The Morgan fingerprint density at radius 3 is 1.72 bits per heavy atom. The van der Waals surface area contributed by atoms with Crippen LogP contribution in [0.25, 0.3) is 0 Å². The van der Waals surface area contributed by atoms with E-state index in [-0.39, 0.29) is 16.7 Å². The van der Waals surface area contributed by atoms with Crippen LogP contribution in [0, 0.1) is 5.92 Å². The quantitative estimate of drug-likeness (QED) is 0.378. The Kier molecular flexibility index (Phi) is 9.71. The molecule has 0 heterocycles. The van der Waals surface area contributed by atoms with E-state index in [0.717, 1.165) is 36.0 Å². The van der Waals surface area contributed by atoms with Crippen molar-refractivity contribution in [3.8, 4) is 5.75 Å². The minimum Gasteiger partial charge on any atom is -0.507 e. The van der Waals surface area contributed by atoms with Crippen LogP contribution >= 0.6 is 0 Å². The predicted molar refractivity (Wildman–Crippen MR) is 123 cm³/mol. The second kappa shape index (κ2) is 11.0. The first-order valence-corrected chi connectivity index (χ1v) is 11.5. The fraction of sp³-hybridized carbons (Fsp3) is 0.731. The van der Waals surface area contributed by atoms with Crippen LogP contribution in [0.1, 0.15) is 117 Å². The van der Waals surface area contributed by atoms with Gasteiger partial charge in [0.15, 0.2) is 0 Å². The van der Waals surface area contributed by atoms with Gasteiger partial charge in [0.2, 0.25) is 0 Å². The molecule has 0 amide bonds. The first-order valence-electron chi connectivity index (χ1n) is 11.5. The number of hydrogen-bond donors (Lipinski definition) is 2. The molecule has 0 spiro atoms. The fourth-order valence-electron chi connectivity index (χ4n) is 3.90. The van der Waals surface area contributed by atoms with Gasteiger partial charge in [-0.05, 0) is 40.4 Å². The zero-order chi connectivity index (χ0) is 22.2. The third-order valence-corrected chi connectivity index (χ3v) is 5.77. The van der Waals surface area contributed by atoms with E-state index in [9.17, 15) is 15.0 Å². The summed E-state index contributed by atoms with van der Waals surface area (Å²) < 4.78 is 0. The largest absolute Gasteiger partial charge is 0.507 e. The van der Waals surface area contributed by atoms with Crippen molar-refractivity contribution in [1.29, 1.82) is 0 Å². The summed E-state index contributed by atoms with van der Waals surface area (Å²) in [5.74, 6) is -0.720. The molecule has 0 aromatic heterocycles. The lowest BCUT2D eigenvalue weighted by Gasteiger charge is -2.28. The highest BCUT2D eigenvalue weighted by atomic mass is 16.4. The number of carboxylic acid groups (broad SMARTS) is 1. The van der Waals surface area contributed by atoms with E-state index < -0.39 is 5.97 Å². The van der Waals surface area contributed by atoms with Gasteiger partial charge in [-0.3, -0.25) is 4.79 Å². The van der Waals surface area contributed by atoms with Gasteiger partial charge >= 0.3 is 5.97 Å². The van der Waals surface area contributed by atoms with Gasteiger partial charge in [-0.1, -0.05) is 106 Å². The van der Waals surface area contributed by atoms with Gasteiger partial charge in [0.1, 0.15) is 5.75 Å². The Hall–Kier alpha value is -1.51. The SMILES string of the molecule is CCCCCCCCCC(Cc1cc(C(C)(C)C)c(O)c(C(C)(C)C)c1)C(=O)O. The molecule has 3 heteroatoms. The molecular weight excluding hydrogens is 360 g/mol. The number of rotatable bonds is 11. The smallest absolute Gasteiger partial charge is 0.306 e. The Bertz CT molecular complexity index is 612. The topological polar surface area (TPSA) is 57.5 Å². The lowest BCUT2D eigenvalue weighted by molar-refractivity contribution is -0.142. The molecule has 0 fully saturated rings. The molecule has 1 aromatic rings. The van der Waals surface area contributed by atoms with Gasteiger partial charge in [-0.15, -0.1) is 0 Å². The molecule has 0 radical (unpaired) electrons. The molecular formula is C26H44O3. The molecule has 0 bridgehead atoms. The monoisotopic (exact) mass is 404 g/mol. The van der Waals surface area contributed by atoms with Gasteiger partial charge < -0.3 is 10.2 Å². The van der Waals surface area contributed by atoms with Crippen molar-refractivity contribution in [1.82, 2.24) is 0 Å². The summed E-state index contributed by atoms with van der Waals surface area (Å²) in [7, 11) is 0. The fourth-order valence-corrected chi connectivity index (χ4v) is 3.90. The maximum absolute atomic E-state index is 11.9. The summed E-state index contributed by atoms with van der Waals surface area (Å²) in [5.41, 5.74) is 2.43. The summed E-state index contributed by atoms with van der Waals surface area (Å²) >= 11 is 0. The number of unbranched alkanes of at least 4 members (excludes halogenated alkanes) is 6. The van der Waals surface area contributed by atoms with E-state index >= 15 is 0 Å². The van der Waals surface area contributed by atoms with E-state index in [1.165, 1.54) is 32.1 Å². The Labute approximate surface area is 178 Å². The summed E-state index contributed by atoms with van der Waals surface area (Å²) in [6.07, 6.45) is 9.63. The summed E-state index contributed by atoms with van der Waals surface area (Å²) in [5, 5.41) is 20.6. The summed E-state index contributed by atoms with van der Waals surface area (Å²) in [6, 6.07) is 4.04. The number of aliphatic carboxylic acids is 1. The molecule has 0 aliphatic heterocycles. The van der Waals surface area contributed by atoms with Crippen molar-refractivity contribution in [2.24, 2.45) is 5.92 Å². The minimum absolute atomic E-state index is 0.197. The van der Waals surface area contributed by atoms with Crippen LogP contribution in [-0.2, 0) is 22.0 Å². The lowest BCUT2D eigenvalue weighted by atomic mass is 9.77. The van der Waals surface area contributed by atoms with Crippen LogP contribution in [0.5, 0.6) is 5.75 Å². The average molecular weight is 405 g/mol. The zero-order valence-corrected chi connectivity index (χ0v) is 19.9. The standard InChI is InChI=1S/C26H44O3/c1-8-9-10-11-12-13-14-15-20(24(28)29)16-19-17-21(25(2,3)4)23(27)22(18-19)26(5,6)7/h17-18,20,27H,8-16H2,1-7H3,(H,28,29). The van der Waals surface area contributed by atoms with Crippen molar-refractivity contribution in [2.75, 3.05) is 0 Å². The molecule has 0 saturated heterocycles. The molecule has 1 unspecified atom stereocenters. The molecule has 0 aliphatic rings. The Morgan fingerprint density at radius 1 is 0.862 bits per heavy atom. The number of phenols is 1. The lowest BCUT2D eigenvalue weighted by Crippen LogP contribution is -2.20. The highest BCUT2D eigenvalue weighted by Crippen LogP contribution is 2.40. The van der Waals surface area contributed by atoms with Crippen molar-refractivity contribution in [2.45, 2.75) is 117 Å². The minimum atomic E-state index is -0.710. The predicted octanol–water partition coefficient (Wildman–Crippen LogP) is 7.37. The van der Waals surface area contributed by atoms with Crippen LogP contribution in [0.15, 0.2) is 12.1 Å². The molecule has 29 heavy (non-hydrogen) atoms. The van der Waals surface area contributed by atoms with Crippen molar-refractivity contribution in [3.05, 3.63) is 28.8 Å². The van der Waals surface area contributed by atoms with Crippen LogP contribution in [0.2, 0.25) is 0 Å². The molecule has 0 saturated carbocycles. The Balaban J connectivity index is 2.93. The molecule has 1 atom stereocenters. The number of phenolic OH excluding ortho intramolecular Hbond substituents is 1. The second-order valence-electron chi connectivity index (χ2n) is 10.7. The molecule has 3 nitrogen and oxygen atoms in total. The summed E-state index contributed by atoms with van der Waals surface area (Å²) in [4.78, 5) is 11.9. The normalized spacial score (nSPS) is 13.5. The molecule has 1 aromatic carbocycles. The van der Waals surface area contributed by atoms with Crippen molar-refractivity contribution < 1.29 is 15.0 Å². The van der Waals surface area contributed by atoms with Gasteiger partial charge in [-0.2, -0.15) is 0 Å². The van der Waals surface area contributed by atoms with Crippen molar-refractivity contribution >= 4 is 5.97 Å². The zero-order valence-electron chi connectivity index (χ0n) is 19.9. The molecule has 0 aliphatic carbocycles. The number of carbonyl (C=O) groups is 1. The van der Waals surface area contributed by atoms with Crippen molar-refractivity contribution in [3.63, 3.8) is 0 Å². The second-order valence-corrected chi connectivity index (χ2v) is 10.7. The maximum Gasteiger partial charge on any atom is 0.306 e. The van der Waals surface area contributed by atoms with E-state index in [4.69, 9.17) is 0 Å². The number of aromatic hydroxyl groups is 1. The average Bonchev–Trinajstić information content (AvgIpc) is 2.58. The van der Waals surface area contributed by atoms with E-state index in [0.29, 0.717) is 12.2 Å². The van der Waals surface area contributed by atoms with Crippen LogP contribution < -0.4 is 0 Å². The van der Waals surface area contributed by atoms with E-state index in [1.54, 1.807) is 0 Å². The third kappa shape index (κ3) is 8.40. The van der Waals surface area contributed by atoms with Crippen LogP contribution in [-0.4, -0.2) is 16.2 Å². The molecule has 1 rings (SSSR count). The first kappa shape index (κ1) is 25.5. The first-order chi connectivity index (χ1) is 13.4. The van der Waals surface area contributed by atoms with Gasteiger partial charge in [0, 0.05) is 0 Å². The maximum atomic E-state index is 11.9. The number of benzene rings is 1. The molecule has 166 valence electrons. The third-order valence-electron chi connectivity index (χ3n) is 5.77. The highest BCUT2D eigenvalue weighted by Gasteiger charge is 2.27. The van der Waals surface area contributed by atoms with Crippen LogP contribution in [0.3, 0.4) is 0 Å². The number of carboxylic acids is 1. The van der Waals surface area contributed by atoms with Gasteiger partial charge in [0.05, 0.1) is 5.92 Å². The van der Waals surface area contributed by atoms with Gasteiger partial charge in [-0.25, -0.2) is 0 Å². The molecule has 2 N–H and O–H groups in total. The Morgan fingerprint density at radius 2 is 1.31 bits per heavy atom. The highest BCUT2D eigenvalue weighted by molar-refractivity contribution is 5.70.